The van der Waals surface area contributed by atoms with Crippen molar-refractivity contribution in [3.63, 3.8) is 0 Å². The number of benzene rings is 3. The van der Waals surface area contributed by atoms with Gasteiger partial charge in [0.25, 0.3) is 5.91 Å². The first-order valence-electron chi connectivity index (χ1n) is 12.0. The number of carbonyl (C=O) groups is 3. The second-order valence-corrected chi connectivity index (χ2v) is 9.21. The third-order valence-electron chi connectivity index (χ3n) is 6.35. The molecule has 186 valence electrons. The number of amides is 3. The molecule has 0 aliphatic carbocycles. The first kappa shape index (κ1) is 25.0. The molecule has 7 nitrogen and oxygen atoms in total. The molecule has 3 aromatic carbocycles. The lowest BCUT2D eigenvalue weighted by molar-refractivity contribution is -0.126. The molecule has 0 spiro atoms. The molecule has 1 fully saturated rings. The summed E-state index contributed by atoms with van der Waals surface area (Å²) in [5, 5.41) is 5.83. The fourth-order valence-corrected chi connectivity index (χ4v) is 4.23. The topological polar surface area (TPSA) is 87.7 Å². The summed E-state index contributed by atoms with van der Waals surface area (Å²) in [6, 6.07) is 20.8. The Bertz CT molecular complexity index is 1230. The fraction of sp³-hybridized carbons (Fsp3) is 0.276. The van der Waals surface area contributed by atoms with Gasteiger partial charge in [-0.05, 0) is 61.7 Å². The molecule has 3 aromatic rings. The van der Waals surface area contributed by atoms with Crippen molar-refractivity contribution in [1.82, 2.24) is 5.32 Å². The van der Waals surface area contributed by atoms with E-state index in [4.69, 9.17) is 4.74 Å². The van der Waals surface area contributed by atoms with E-state index in [1.165, 1.54) is 5.56 Å². The first-order chi connectivity index (χ1) is 17.3. The summed E-state index contributed by atoms with van der Waals surface area (Å²) in [6.07, 6.45) is 0.177. The van der Waals surface area contributed by atoms with E-state index >= 15 is 0 Å². The van der Waals surface area contributed by atoms with Crippen molar-refractivity contribution in [3.05, 3.63) is 89.0 Å². The van der Waals surface area contributed by atoms with Gasteiger partial charge in [0.2, 0.25) is 11.8 Å². The highest BCUT2D eigenvalue weighted by Crippen LogP contribution is 2.27. The van der Waals surface area contributed by atoms with Crippen molar-refractivity contribution in [2.45, 2.75) is 33.7 Å². The molecule has 1 aliphatic rings. The highest BCUT2D eigenvalue weighted by atomic mass is 16.5. The summed E-state index contributed by atoms with van der Waals surface area (Å²) in [7, 11) is 0. The number of para-hydroxylation sites is 1. The molecule has 0 saturated carbocycles. The zero-order valence-electron chi connectivity index (χ0n) is 20.8. The van der Waals surface area contributed by atoms with Gasteiger partial charge in [-0.15, -0.1) is 0 Å². The van der Waals surface area contributed by atoms with Crippen molar-refractivity contribution in [2.75, 3.05) is 23.4 Å². The molecule has 1 aliphatic heterocycles. The molecule has 36 heavy (non-hydrogen) atoms. The van der Waals surface area contributed by atoms with Gasteiger partial charge in [0.05, 0.1) is 5.92 Å². The molecule has 1 unspecified atom stereocenters. The summed E-state index contributed by atoms with van der Waals surface area (Å²) in [6.45, 7) is 6.55. The van der Waals surface area contributed by atoms with Crippen LogP contribution < -0.4 is 20.3 Å². The maximum Gasteiger partial charge on any atom is 0.262 e. The van der Waals surface area contributed by atoms with Crippen LogP contribution >= 0.6 is 0 Å². The number of aryl methyl sites for hydroxylation is 3. The molecule has 1 atom stereocenters. The van der Waals surface area contributed by atoms with Crippen LogP contribution in [0.1, 0.15) is 28.7 Å². The molecule has 2 N–H and O–H groups in total. The van der Waals surface area contributed by atoms with Crippen LogP contribution in [0, 0.1) is 26.7 Å². The molecule has 3 amide bonds. The minimum absolute atomic E-state index is 0.0906. The van der Waals surface area contributed by atoms with Crippen molar-refractivity contribution < 1.29 is 19.1 Å². The Kier molecular flexibility index (Phi) is 7.68. The highest BCUT2D eigenvalue weighted by Gasteiger charge is 2.35. The molecule has 4 rings (SSSR count). The van der Waals surface area contributed by atoms with Gasteiger partial charge in [-0.1, -0.05) is 48.0 Å². The van der Waals surface area contributed by atoms with Gasteiger partial charge in [0.1, 0.15) is 5.75 Å². The van der Waals surface area contributed by atoms with E-state index in [-0.39, 0.29) is 30.7 Å². The van der Waals surface area contributed by atoms with E-state index in [0.29, 0.717) is 24.5 Å². The zero-order chi connectivity index (χ0) is 25.7. The molecule has 1 heterocycles. The van der Waals surface area contributed by atoms with Crippen molar-refractivity contribution >= 4 is 29.1 Å². The van der Waals surface area contributed by atoms with Crippen molar-refractivity contribution in [1.29, 1.82) is 0 Å². The predicted octanol–water partition coefficient (Wildman–Crippen LogP) is 4.30. The smallest absolute Gasteiger partial charge is 0.262 e. The summed E-state index contributed by atoms with van der Waals surface area (Å²) in [5.74, 6) is -0.332. The standard InChI is InChI=1S/C29H31N3O4/c1-19-7-9-22(10-8-19)16-30-29(35)23-15-27(34)32(17-23)24-11-13-25(14-12-24)36-18-26(33)31-28-20(2)5-4-6-21(28)3/h4-14,23H,15-18H2,1-3H3,(H,30,35)(H,31,33). The number of anilines is 2. The van der Waals surface area contributed by atoms with E-state index < -0.39 is 5.92 Å². The van der Waals surface area contributed by atoms with Crippen molar-refractivity contribution in [3.8, 4) is 5.75 Å². The lowest BCUT2D eigenvalue weighted by atomic mass is 10.1. The van der Waals surface area contributed by atoms with Gasteiger partial charge < -0.3 is 20.3 Å². The Hall–Kier alpha value is -4.13. The van der Waals surface area contributed by atoms with Gasteiger partial charge in [0.15, 0.2) is 6.61 Å². The Morgan fingerprint density at radius 3 is 2.28 bits per heavy atom. The molecule has 7 heteroatoms. The minimum Gasteiger partial charge on any atom is -0.484 e. The number of ether oxygens (including phenoxy) is 1. The number of hydrogen-bond acceptors (Lipinski definition) is 4. The normalized spacial score (nSPS) is 15.0. The molecule has 1 saturated heterocycles. The Balaban J connectivity index is 1.28. The Morgan fingerprint density at radius 1 is 0.944 bits per heavy atom. The summed E-state index contributed by atoms with van der Waals surface area (Å²) in [4.78, 5) is 39.2. The average Bonchev–Trinajstić information content (AvgIpc) is 3.26. The number of nitrogens with one attached hydrogen (secondary N) is 2. The van der Waals surface area contributed by atoms with Crippen LogP contribution in [0.4, 0.5) is 11.4 Å². The Morgan fingerprint density at radius 2 is 1.61 bits per heavy atom. The maximum absolute atomic E-state index is 12.6. The molecular weight excluding hydrogens is 454 g/mol. The first-order valence-corrected chi connectivity index (χ1v) is 12.0. The van der Waals surface area contributed by atoms with Crippen LogP contribution in [0.25, 0.3) is 0 Å². The van der Waals surface area contributed by atoms with Crippen LogP contribution in [-0.4, -0.2) is 30.9 Å². The maximum atomic E-state index is 12.6. The molecule has 0 bridgehead atoms. The number of carbonyl (C=O) groups excluding carboxylic acids is 3. The fourth-order valence-electron chi connectivity index (χ4n) is 4.23. The molecular formula is C29H31N3O4. The number of nitrogens with zero attached hydrogens (tertiary/aromatic N) is 1. The lowest BCUT2D eigenvalue weighted by Gasteiger charge is -2.17. The quantitative estimate of drug-likeness (QED) is 0.498. The van der Waals surface area contributed by atoms with Crippen LogP contribution in [0.3, 0.4) is 0 Å². The summed E-state index contributed by atoms with van der Waals surface area (Å²) < 4.78 is 5.63. The van der Waals surface area contributed by atoms with E-state index in [1.54, 1.807) is 29.2 Å². The second-order valence-electron chi connectivity index (χ2n) is 9.21. The van der Waals surface area contributed by atoms with E-state index in [2.05, 4.69) is 10.6 Å². The van der Waals surface area contributed by atoms with Crippen LogP contribution in [-0.2, 0) is 20.9 Å². The van der Waals surface area contributed by atoms with Gasteiger partial charge in [-0.2, -0.15) is 0 Å². The third kappa shape index (κ3) is 6.10. The zero-order valence-corrected chi connectivity index (χ0v) is 20.8. The minimum atomic E-state index is -0.396. The van der Waals surface area contributed by atoms with E-state index in [1.807, 2.05) is 63.2 Å². The monoisotopic (exact) mass is 485 g/mol. The van der Waals surface area contributed by atoms with E-state index in [0.717, 1.165) is 22.4 Å². The van der Waals surface area contributed by atoms with Gasteiger partial charge in [-0.25, -0.2) is 0 Å². The van der Waals surface area contributed by atoms with Gasteiger partial charge in [0, 0.05) is 30.9 Å². The van der Waals surface area contributed by atoms with Crippen LogP contribution in [0.5, 0.6) is 5.75 Å². The predicted molar refractivity (Wildman–Crippen MR) is 140 cm³/mol. The molecule has 0 radical (unpaired) electrons. The lowest BCUT2D eigenvalue weighted by Crippen LogP contribution is -2.32. The Labute approximate surface area is 211 Å². The molecule has 0 aromatic heterocycles. The number of rotatable bonds is 8. The summed E-state index contributed by atoms with van der Waals surface area (Å²) >= 11 is 0. The average molecular weight is 486 g/mol. The number of hydrogen-bond donors (Lipinski definition) is 2. The third-order valence-corrected chi connectivity index (χ3v) is 6.35. The van der Waals surface area contributed by atoms with Crippen LogP contribution in [0.2, 0.25) is 0 Å². The SMILES string of the molecule is Cc1ccc(CNC(=O)C2CC(=O)N(c3ccc(OCC(=O)Nc4c(C)cccc4C)cc3)C2)cc1. The van der Waals surface area contributed by atoms with Crippen LogP contribution in [0.15, 0.2) is 66.7 Å². The summed E-state index contributed by atoms with van der Waals surface area (Å²) in [5.41, 5.74) is 5.66. The second kappa shape index (κ2) is 11.1. The van der Waals surface area contributed by atoms with E-state index in [9.17, 15) is 14.4 Å². The van der Waals surface area contributed by atoms with Gasteiger partial charge in [-0.3, -0.25) is 14.4 Å². The highest BCUT2D eigenvalue weighted by molar-refractivity contribution is 6.00. The van der Waals surface area contributed by atoms with Gasteiger partial charge >= 0.3 is 0 Å². The largest absolute Gasteiger partial charge is 0.484 e. The van der Waals surface area contributed by atoms with Crippen molar-refractivity contribution in [2.24, 2.45) is 5.92 Å².